The Bertz CT molecular complexity index is 515. The molecule has 0 bridgehead atoms. The first-order valence-electron chi connectivity index (χ1n) is 8.62. The summed E-state index contributed by atoms with van der Waals surface area (Å²) in [4.78, 5) is 24.3. The molecule has 4 heteroatoms. The number of ether oxygens (including phenoxy) is 1. The van der Waals surface area contributed by atoms with Gasteiger partial charge in [-0.15, -0.1) is 0 Å². The summed E-state index contributed by atoms with van der Waals surface area (Å²) in [6.07, 6.45) is 5.21. The van der Waals surface area contributed by atoms with Gasteiger partial charge in [-0.25, -0.2) is 0 Å². The third kappa shape index (κ3) is 5.08. The monoisotopic (exact) mass is 317 g/mol. The van der Waals surface area contributed by atoms with Crippen molar-refractivity contribution in [1.82, 2.24) is 5.32 Å². The van der Waals surface area contributed by atoms with Crippen molar-refractivity contribution >= 4 is 11.9 Å². The molecule has 0 saturated heterocycles. The predicted molar refractivity (Wildman–Crippen MR) is 90.0 cm³/mol. The van der Waals surface area contributed by atoms with Crippen LogP contribution in [0.2, 0.25) is 0 Å². The van der Waals surface area contributed by atoms with E-state index in [0.717, 1.165) is 24.8 Å². The molecule has 1 N–H and O–H groups in total. The molecule has 4 nitrogen and oxygen atoms in total. The second kappa shape index (κ2) is 8.70. The van der Waals surface area contributed by atoms with Gasteiger partial charge in [0.25, 0.3) is 5.91 Å². The van der Waals surface area contributed by atoms with Crippen LogP contribution in [-0.4, -0.2) is 24.5 Å². The first kappa shape index (κ1) is 17.5. The summed E-state index contributed by atoms with van der Waals surface area (Å²) in [6.45, 7) is 3.92. The molecule has 0 aliphatic heterocycles. The van der Waals surface area contributed by atoms with Crippen molar-refractivity contribution in [3.05, 3.63) is 35.9 Å². The Morgan fingerprint density at radius 1 is 1.22 bits per heavy atom. The largest absolute Gasteiger partial charge is 0.455 e. The average Bonchev–Trinajstić information content (AvgIpc) is 2.57. The molecule has 0 radical (unpaired) electrons. The molecule has 0 unspecified atom stereocenters. The number of nitrogens with one attached hydrogen (secondary N) is 1. The lowest BCUT2D eigenvalue weighted by molar-refractivity contribution is -0.150. The number of esters is 1. The third-order valence-corrected chi connectivity index (χ3v) is 4.70. The van der Waals surface area contributed by atoms with Crippen LogP contribution in [0.3, 0.4) is 0 Å². The number of rotatable bonds is 6. The Labute approximate surface area is 138 Å². The number of benzene rings is 1. The maximum atomic E-state index is 12.2. The van der Waals surface area contributed by atoms with Gasteiger partial charge in [0.15, 0.2) is 6.61 Å². The molecule has 1 aliphatic carbocycles. The quantitative estimate of drug-likeness (QED) is 0.818. The normalized spacial score (nSPS) is 22.2. The van der Waals surface area contributed by atoms with E-state index in [4.69, 9.17) is 4.74 Å². The van der Waals surface area contributed by atoms with Crippen molar-refractivity contribution in [2.24, 2.45) is 5.92 Å². The minimum Gasteiger partial charge on any atom is -0.455 e. The van der Waals surface area contributed by atoms with Crippen LogP contribution in [0.1, 0.15) is 57.4 Å². The van der Waals surface area contributed by atoms with Crippen molar-refractivity contribution in [2.45, 2.75) is 57.9 Å². The number of amides is 1. The number of carbonyl (C=O) groups is 2. The molecule has 23 heavy (non-hydrogen) atoms. The van der Waals surface area contributed by atoms with E-state index in [0.29, 0.717) is 12.3 Å². The van der Waals surface area contributed by atoms with Gasteiger partial charge in [0, 0.05) is 6.04 Å². The Balaban J connectivity index is 1.82. The van der Waals surface area contributed by atoms with E-state index < -0.39 is 0 Å². The smallest absolute Gasteiger partial charge is 0.313 e. The zero-order valence-corrected chi connectivity index (χ0v) is 14.1. The Morgan fingerprint density at radius 2 is 1.91 bits per heavy atom. The molecule has 3 atom stereocenters. The van der Waals surface area contributed by atoms with Gasteiger partial charge in [-0.05, 0) is 30.7 Å². The van der Waals surface area contributed by atoms with Gasteiger partial charge in [0.2, 0.25) is 0 Å². The Kier molecular flexibility index (Phi) is 6.63. The van der Waals surface area contributed by atoms with Crippen LogP contribution in [-0.2, 0) is 14.3 Å². The van der Waals surface area contributed by atoms with Gasteiger partial charge in [-0.1, -0.05) is 57.0 Å². The maximum Gasteiger partial charge on any atom is 0.313 e. The number of hydrogen-bond acceptors (Lipinski definition) is 3. The molecule has 0 spiro atoms. The summed E-state index contributed by atoms with van der Waals surface area (Å²) >= 11 is 0. The first-order valence-corrected chi connectivity index (χ1v) is 8.62. The van der Waals surface area contributed by atoms with Crippen molar-refractivity contribution in [2.75, 3.05) is 6.61 Å². The highest BCUT2D eigenvalue weighted by Gasteiger charge is 2.24. The van der Waals surface area contributed by atoms with E-state index in [2.05, 4.69) is 12.2 Å². The lowest BCUT2D eigenvalue weighted by Crippen LogP contribution is -2.43. The van der Waals surface area contributed by atoms with Crippen LogP contribution in [0.25, 0.3) is 0 Å². The van der Waals surface area contributed by atoms with Crippen LogP contribution in [0, 0.1) is 5.92 Å². The second-order valence-electron chi connectivity index (χ2n) is 6.41. The van der Waals surface area contributed by atoms with Crippen molar-refractivity contribution in [3.8, 4) is 0 Å². The molecule has 1 aromatic carbocycles. The van der Waals surface area contributed by atoms with Gasteiger partial charge in [-0.2, -0.15) is 0 Å². The summed E-state index contributed by atoms with van der Waals surface area (Å²) in [6, 6.07) is 9.77. The molecule has 2 rings (SSSR count). The molecule has 1 aliphatic rings. The fourth-order valence-corrected chi connectivity index (χ4v) is 3.24. The summed E-state index contributed by atoms with van der Waals surface area (Å²) < 4.78 is 5.24. The predicted octanol–water partition coefficient (Wildman–Crippen LogP) is 3.42. The SMILES string of the molecule is CC[C@H](C(=O)OCC(=O)N[C@H]1CCCC[C@@H]1C)c1ccccc1. The van der Waals surface area contributed by atoms with E-state index in [-0.39, 0.29) is 30.4 Å². The molecular formula is C19H27NO3. The van der Waals surface area contributed by atoms with Crippen LogP contribution < -0.4 is 5.32 Å². The highest BCUT2D eigenvalue weighted by atomic mass is 16.5. The summed E-state index contributed by atoms with van der Waals surface area (Å²) in [5.41, 5.74) is 0.932. The third-order valence-electron chi connectivity index (χ3n) is 4.70. The fourth-order valence-electron chi connectivity index (χ4n) is 3.24. The minimum absolute atomic E-state index is 0.189. The molecule has 0 heterocycles. The summed E-state index contributed by atoms with van der Waals surface area (Å²) in [7, 11) is 0. The first-order chi connectivity index (χ1) is 11.1. The minimum atomic E-state index is -0.328. The van der Waals surface area contributed by atoms with E-state index >= 15 is 0 Å². The molecule has 126 valence electrons. The summed E-state index contributed by atoms with van der Waals surface area (Å²) in [5.74, 6) is -0.334. The van der Waals surface area contributed by atoms with Crippen LogP contribution in [0.4, 0.5) is 0 Å². The molecule has 1 amide bonds. The zero-order chi connectivity index (χ0) is 16.7. The highest BCUT2D eigenvalue weighted by molar-refractivity contribution is 5.83. The molecule has 1 saturated carbocycles. The maximum absolute atomic E-state index is 12.2. The summed E-state index contributed by atoms with van der Waals surface area (Å²) in [5, 5.41) is 3.00. The van der Waals surface area contributed by atoms with Crippen molar-refractivity contribution in [1.29, 1.82) is 0 Å². The van der Waals surface area contributed by atoms with E-state index in [1.54, 1.807) is 0 Å². The van der Waals surface area contributed by atoms with E-state index in [1.807, 2.05) is 37.3 Å². The van der Waals surface area contributed by atoms with Crippen LogP contribution in [0.5, 0.6) is 0 Å². The van der Waals surface area contributed by atoms with Crippen LogP contribution >= 0.6 is 0 Å². The Morgan fingerprint density at radius 3 is 2.57 bits per heavy atom. The van der Waals surface area contributed by atoms with Crippen LogP contribution in [0.15, 0.2) is 30.3 Å². The molecule has 0 aromatic heterocycles. The van der Waals surface area contributed by atoms with Gasteiger partial charge in [0.05, 0.1) is 5.92 Å². The lowest BCUT2D eigenvalue weighted by atomic mass is 9.86. The van der Waals surface area contributed by atoms with Gasteiger partial charge in [0.1, 0.15) is 0 Å². The van der Waals surface area contributed by atoms with Gasteiger partial charge in [-0.3, -0.25) is 9.59 Å². The van der Waals surface area contributed by atoms with Crippen molar-refractivity contribution < 1.29 is 14.3 Å². The molecular weight excluding hydrogens is 290 g/mol. The van der Waals surface area contributed by atoms with Gasteiger partial charge >= 0.3 is 5.97 Å². The zero-order valence-electron chi connectivity index (χ0n) is 14.1. The lowest BCUT2D eigenvalue weighted by Gasteiger charge is -2.29. The highest BCUT2D eigenvalue weighted by Crippen LogP contribution is 2.24. The molecule has 1 aromatic rings. The van der Waals surface area contributed by atoms with Crippen molar-refractivity contribution in [3.63, 3.8) is 0 Å². The number of carbonyl (C=O) groups excluding carboxylic acids is 2. The van der Waals surface area contributed by atoms with Gasteiger partial charge < -0.3 is 10.1 Å². The fraction of sp³-hybridized carbons (Fsp3) is 0.579. The topological polar surface area (TPSA) is 55.4 Å². The van der Waals surface area contributed by atoms with E-state index in [9.17, 15) is 9.59 Å². The Hall–Kier alpha value is -1.84. The number of hydrogen-bond donors (Lipinski definition) is 1. The second-order valence-corrected chi connectivity index (χ2v) is 6.41. The average molecular weight is 317 g/mol. The standard InChI is InChI=1S/C19H27NO3/c1-3-16(15-10-5-4-6-11-15)19(22)23-13-18(21)20-17-12-8-7-9-14(17)2/h4-6,10-11,14,16-17H,3,7-9,12-13H2,1-2H3,(H,20,21)/t14-,16-,17-/m0/s1. The van der Waals surface area contributed by atoms with E-state index in [1.165, 1.54) is 6.42 Å². The molecule has 1 fully saturated rings.